The summed E-state index contributed by atoms with van der Waals surface area (Å²) in [7, 11) is 0. The van der Waals surface area contributed by atoms with Crippen LogP contribution in [0, 0.1) is 0 Å². The third kappa shape index (κ3) is 5.87. The summed E-state index contributed by atoms with van der Waals surface area (Å²) in [5.41, 5.74) is 2.47. The van der Waals surface area contributed by atoms with E-state index in [1.165, 1.54) is 6.42 Å². The van der Waals surface area contributed by atoms with E-state index in [4.69, 9.17) is 25.8 Å². The second kappa shape index (κ2) is 11.1. The van der Waals surface area contributed by atoms with E-state index >= 15 is 0 Å². The van der Waals surface area contributed by atoms with Crippen molar-refractivity contribution in [1.29, 1.82) is 0 Å². The fourth-order valence-corrected chi connectivity index (χ4v) is 4.30. The van der Waals surface area contributed by atoms with Crippen LogP contribution in [0.3, 0.4) is 0 Å². The molecular weight excluding hydrogens is 448 g/mol. The van der Waals surface area contributed by atoms with Gasteiger partial charge in [0.15, 0.2) is 0 Å². The third-order valence-corrected chi connectivity index (χ3v) is 6.74. The first kappa shape index (κ1) is 24.4. The maximum Gasteiger partial charge on any atom is 0.119 e. The van der Waals surface area contributed by atoms with Gasteiger partial charge in [0.1, 0.15) is 42.9 Å². The summed E-state index contributed by atoms with van der Waals surface area (Å²) in [6.45, 7) is 0.638. The van der Waals surface area contributed by atoms with E-state index in [9.17, 15) is 20.4 Å². The zero-order chi connectivity index (χ0) is 23.4. The van der Waals surface area contributed by atoms with Crippen LogP contribution in [0.2, 0.25) is 5.02 Å². The van der Waals surface area contributed by atoms with Crippen LogP contribution in [0.1, 0.15) is 42.1 Å². The molecule has 1 aliphatic carbocycles. The lowest BCUT2D eigenvalue weighted by molar-refractivity contribution is -0.231. The van der Waals surface area contributed by atoms with Crippen LogP contribution in [0.15, 0.2) is 42.5 Å². The van der Waals surface area contributed by atoms with Crippen LogP contribution >= 0.6 is 11.6 Å². The maximum absolute atomic E-state index is 10.4. The Kier molecular flexibility index (Phi) is 8.24. The molecule has 0 spiro atoms. The van der Waals surface area contributed by atoms with Crippen molar-refractivity contribution in [3.8, 4) is 5.75 Å². The molecule has 4 rings (SSSR count). The number of rotatable bonds is 9. The lowest BCUT2D eigenvalue weighted by Gasteiger charge is -2.40. The first-order chi connectivity index (χ1) is 16.0. The zero-order valence-corrected chi connectivity index (χ0v) is 19.1. The maximum atomic E-state index is 10.4. The molecule has 1 heterocycles. The average Bonchev–Trinajstić information content (AvgIpc) is 2.79. The minimum absolute atomic E-state index is 0.402. The molecule has 0 amide bonds. The number of benzene rings is 2. The van der Waals surface area contributed by atoms with Gasteiger partial charge in [-0.05, 0) is 60.6 Å². The van der Waals surface area contributed by atoms with Gasteiger partial charge in [-0.2, -0.15) is 0 Å². The third-order valence-electron chi connectivity index (χ3n) is 6.37. The largest absolute Gasteiger partial charge is 0.491 e. The molecule has 1 unspecified atom stereocenters. The molecule has 7 nitrogen and oxygen atoms in total. The fraction of sp³-hybridized carbons (Fsp3) is 0.520. The van der Waals surface area contributed by atoms with Gasteiger partial charge in [-0.1, -0.05) is 35.9 Å². The lowest BCUT2D eigenvalue weighted by Crippen LogP contribution is -2.55. The highest BCUT2D eigenvalue weighted by Gasteiger charge is 2.44. The van der Waals surface area contributed by atoms with Crippen molar-refractivity contribution in [2.75, 3.05) is 19.8 Å². The Morgan fingerprint density at radius 1 is 0.939 bits per heavy atom. The molecule has 4 N–H and O–H groups in total. The van der Waals surface area contributed by atoms with Crippen molar-refractivity contribution in [3.05, 3.63) is 64.2 Å². The summed E-state index contributed by atoms with van der Waals surface area (Å²) in [4.78, 5) is 0. The van der Waals surface area contributed by atoms with E-state index in [1.54, 1.807) is 12.1 Å². The molecule has 5 atom stereocenters. The Hall–Kier alpha value is -1.71. The molecule has 0 bridgehead atoms. The number of hydrogen-bond acceptors (Lipinski definition) is 7. The molecule has 2 fully saturated rings. The van der Waals surface area contributed by atoms with Crippen LogP contribution in [-0.2, 0) is 15.9 Å². The van der Waals surface area contributed by atoms with Crippen molar-refractivity contribution in [3.63, 3.8) is 0 Å². The first-order valence-corrected chi connectivity index (χ1v) is 11.8. The number of ether oxygens (including phenoxy) is 3. The minimum Gasteiger partial charge on any atom is -0.491 e. The van der Waals surface area contributed by atoms with Gasteiger partial charge in [0.25, 0.3) is 0 Å². The standard InChI is InChI=1S/C25H31ClO7/c26-20-9-6-16(25-24(30)23(29)22(28)21(14-27)33-25)13-17(20)12-15-4-7-19(8-5-15)32-11-10-31-18-2-1-3-18/h4-9,13,18,21-25,27-30H,1-3,10-12,14H2/t21-,22-,23+,24-,25?/m1/s1. The van der Waals surface area contributed by atoms with Crippen LogP contribution in [0.4, 0.5) is 0 Å². The van der Waals surface area contributed by atoms with Crippen LogP contribution in [0.25, 0.3) is 0 Å². The lowest BCUT2D eigenvalue weighted by atomic mass is 9.90. The van der Waals surface area contributed by atoms with Gasteiger partial charge in [-0.25, -0.2) is 0 Å². The fourth-order valence-electron chi connectivity index (χ4n) is 4.12. The molecule has 2 aromatic rings. The summed E-state index contributed by atoms with van der Waals surface area (Å²) in [6.07, 6.45) is -1.50. The SMILES string of the molecule is OC[C@H]1OC(c2ccc(Cl)c(Cc3ccc(OCCOC4CCC4)cc3)c2)[C@H](O)[C@@H](O)[C@@H]1O. The van der Waals surface area contributed by atoms with Crippen molar-refractivity contribution in [2.45, 2.75) is 62.3 Å². The Bertz CT molecular complexity index is 900. The molecule has 2 aliphatic rings. The van der Waals surface area contributed by atoms with E-state index < -0.39 is 37.1 Å². The zero-order valence-electron chi connectivity index (χ0n) is 18.3. The number of aliphatic hydroxyl groups is 4. The molecule has 0 radical (unpaired) electrons. The summed E-state index contributed by atoms with van der Waals surface area (Å²) < 4.78 is 17.1. The molecule has 0 aromatic heterocycles. The summed E-state index contributed by atoms with van der Waals surface area (Å²) in [5, 5.41) is 40.5. The van der Waals surface area contributed by atoms with E-state index in [2.05, 4.69) is 0 Å². The van der Waals surface area contributed by atoms with Gasteiger partial charge < -0.3 is 34.6 Å². The number of halogens is 1. The molecule has 1 saturated carbocycles. The summed E-state index contributed by atoms with van der Waals surface area (Å²) in [5.74, 6) is 0.775. The van der Waals surface area contributed by atoms with Gasteiger partial charge in [0.2, 0.25) is 0 Å². The highest BCUT2D eigenvalue weighted by molar-refractivity contribution is 6.31. The highest BCUT2D eigenvalue weighted by atomic mass is 35.5. The molecule has 2 aromatic carbocycles. The van der Waals surface area contributed by atoms with Gasteiger partial charge in [0.05, 0.1) is 19.3 Å². The molecule has 1 saturated heterocycles. The predicted octanol–water partition coefficient (Wildman–Crippen LogP) is 2.39. The Morgan fingerprint density at radius 3 is 2.36 bits per heavy atom. The second-order valence-corrected chi connectivity index (χ2v) is 9.10. The Labute approximate surface area is 198 Å². The molecule has 8 heteroatoms. The molecule has 1 aliphatic heterocycles. The van der Waals surface area contributed by atoms with Gasteiger partial charge in [-0.15, -0.1) is 0 Å². The van der Waals surface area contributed by atoms with Crippen molar-refractivity contribution in [2.24, 2.45) is 0 Å². The molecule has 180 valence electrons. The smallest absolute Gasteiger partial charge is 0.119 e. The minimum atomic E-state index is -1.42. The first-order valence-electron chi connectivity index (χ1n) is 11.4. The van der Waals surface area contributed by atoms with Crippen molar-refractivity contribution < 1.29 is 34.6 Å². The van der Waals surface area contributed by atoms with Gasteiger partial charge in [0, 0.05) is 5.02 Å². The van der Waals surface area contributed by atoms with E-state index in [0.29, 0.717) is 36.3 Å². The monoisotopic (exact) mass is 478 g/mol. The van der Waals surface area contributed by atoms with Crippen molar-refractivity contribution in [1.82, 2.24) is 0 Å². The second-order valence-electron chi connectivity index (χ2n) is 8.69. The normalized spacial score (nSPS) is 27.8. The van der Waals surface area contributed by atoms with Crippen molar-refractivity contribution >= 4 is 11.6 Å². The molecule has 33 heavy (non-hydrogen) atoms. The Morgan fingerprint density at radius 2 is 1.70 bits per heavy atom. The van der Waals surface area contributed by atoms with E-state index in [1.807, 2.05) is 30.3 Å². The average molecular weight is 479 g/mol. The van der Waals surface area contributed by atoms with E-state index in [-0.39, 0.29) is 0 Å². The topological polar surface area (TPSA) is 109 Å². The Balaban J connectivity index is 1.38. The van der Waals surface area contributed by atoms with Crippen LogP contribution in [-0.4, -0.2) is 70.8 Å². The van der Waals surface area contributed by atoms with Crippen LogP contribution in [0.5, 0.6) is 5.75 Å². The number of hydrogen-bond donors (Lipinski definition) is 4. The van der Waals surface area contributed by atoms with Gasteiger partial charge >= 0.3 is 0 Å². The number of aliphatic hydroxyl groups excluding tert-OH is 4. The van der Waals surface area contributed by atoms with E-state index in [0.717, 1.165) is 29.7 Å². The van der Waals surface area contributed by atoms with Crippen LogP contribution < -0.4 is 4.74 Å². The summed E-state index contributed by atoms with van der Waals surface area (Å²) >= 11 is 6.42. The van der Waals surface area contributed by atoms with Gasteiger partial charge in [-0.3, -0.25) is 0 Å². The quantitative estimate of drug-likeness (QED) is 0.410. The highest BCUT2D eigenvalue weighted by Crippen LogP contribution is 2.34. The predicted molar refractivity (Wildman–Crippen MR) is 123 cm³/mol. The molecular formula is C25H31ClO7. The summed E-state index contributed by atoms with van der Waals surface area (Å²) in [6, 6.07) is 13.0.